The number of halogens is 1. The van der Waals surface area contributed by atoms with Crippen molar-refractivity contribution in [1.29, 1.82) is 0 Å². The number of aryl methyl sites for hydroxylation is 1. The molecule has 138 valence electrons. The number of aromatic amines is 1. The standard InChI is InChI=1S/C18H29ClN4OSi/c1-12-10-20-15-14(12)16(22-17(19)21-15)23-9-7-8-13(23)11-24-25(5,6)18(2,3)4/h10,13H,7-9,11H2,1-6H3,(H,20,21,22). The molecule has 1 fully saturated rings. The van der Waals surface area contributed by atoms with Gasteiger partial charge in [-0.15, -0.1) is 0 Å². The summed E-state index contributed by atoms with van der Waals surface area (Å²) in [5.74, 6) is 0.940. The topological polar surface area (TPSA) is 54.0 Å². The van der Waals surface area contributed by atoms with Gasteiger partial charge >= 0.3 is 0 Å². The number of fused-ring (bicyclic) bond motifs is 1. The Hall–Kier alpha value is -1.11. The highest BCUT2D eigenvalue weighted by molar-refractivity contribution is 6.74. The van der Waals surface area contributed by atoms with E-state index in [1.165, 1.54) is 0 Å². The highest BCUT2D eigenvalue weighted by Gasteiger charge is 2.39. The molecule has 0 bridgehead atoms. The van der Waals surface area contributed by atoms with Crippen molar-refractivity contribution in [3.05, 3.63) is 17.0 Å². The van der Waals surface area contributed by atoms with Gasteiger partial charge in [-0.3, -0.25) is 0 Å². The van der Waals surface area contributed by atoms with Gasteiger partial charge in [-0.1, -0.05) is 20.8 Å². The summed E-state index contributed by atoms with van der Waals surface area (Å²) in [6.07, 6.45) is 4.25. The summed E-state index contributed by atoms with van der Waals surface area (Å²) >= 11 is 6.18. The lowest BCUT2D eigenvalue weighted by Crippen LogP contribution is -2.45. The van der Waals surface area contributed by atoms with Crippen molar-refractivity contribution >= 4 is 36.8 Å². The van der Waals surface area contributed by atoms with Crippen LogP contribution in [0.25, 0.3) is 11.0 Å². The fourth-order valence-electron chi connectivity index (χ4n) is 3.16. The molecule has 1 saturated heterocycles. The van der Waals surface area contributed by atoms with E-state index in [-0.39, 0.29) is 5.04 Å². The van der Waals surface area contributed by atoms with Crippen LogP contribution in [0.1, 0.15) is 39.2 Å². The van der Waals surface area contributed by atoms with E-state index in [4.69, 9.17) is 16.0 Å². The summed E-state index contributed by atoms with van der Waals surface area (Å²) in [7, 11) is -1.76. The van der Waals surface area contributed by atoms with Crippen LogP contribution in [0.15, 0.2) is 6.20 Å². The van der Waals surface area contributed by atoms with Gasteiger partial charge in [-0.25, -0.2) is 0 Å². The molecule has 3 heterocycles. The lowest BCUT2D eigenvalue weighted by atomic mass is 10.2. The largest absolute Gasteiger partial charge is 0.415 e. The first-order valence-corrected chi connectivity index (χ1v) is 12.3. The molecule has 2 aromatic rings. The first-order valence-electron chi connectivity index (χ1n) is 9.02. The van der Waals surface area contributed by atoms with Gasteiger partial charge < -0.3 is 14.3 Å². The lowest BCUT2D eigenvalue weighted by molar-refractivity contribution is 0.263. The fraction of sp³-hybridized carbons (Fsp3) is 0.667. The Kier molecular flexibility index (Phi) is 4.90. The van der Waals surface area contributed by atoms with Crippen LogP contribution >= 0.6 is 11.6 Å². The average molecular weight is 381 g/mol. The van der Waals surface area contributed by atoms with Crippen LogP contribution in [0.5, 0.6) is 0 Å². The Morgan fingerprint density at radius 3 is 2.76 bits per heavy atom. The zero-order valence-electron chi connectivity index (χ0n) is 16.1. The second-order valence-corrected chi connectivity index (χ2v) is 13.7. The molecule has 2 aromatic heterocycles. The Morgan fingerprint density at radius 1 is 1.36 bits per heavy atom. The molecule has 0 saturated carbocycles. The first kappa shape index (κ1) is 18.7. The van der Waals surface area contributed by atoms with E-state index in [9.17, 15) is 0 Å². The Labute approximate surface area is 156 Å². The zero-order valence-corrected chi connectivity index (χ0v) is 17.9. The summed E-state index contributed by atoms with van der Waals surface area (Å²) < 4.78 is 6.50. The first-order chi connectivity index (χ1) is 11.6. The molecule has 25 heavy (non-hydrogen) atoms. The summed E-state index contributed by atoms with van der Waals surface area (Å²) in [5, 5.41) is 1.59. The fourth-order valence-corrected chi connectivity index (χ4v) is 4.36. The van der Waals surface area contributed by atoms with Crippen molar-refractivity contribution in [2.75, 3.05) is 18.1 Å². The molecule has 0 radical (unpaired) electrons. The molecule has 0 aliphatic carbocycles. The SMILES string of the molecule is Cc1c[nH]c2nc(Cl)nc(N3CCCC3CO[Si](C)(C)C(C)(C)C)c12. The second-order valence-electron chi connectivity index (χ2n) is 8.57. The molecule has 0 amide bonds. The van der Waals surface area contributed by atoms with Gasteiger partial charge in [-0.05, 0) is 55.1 Å². The molecule has 1 atom stereocenters. The van der Waals surface area contributed by atoms with Crippen LogP contribution in [0, 0.1) is 6.92 Å². The molecular weight excluding hydrogens is 352 g/mol. The molecule has 1 unspecified atom stereocenters. The third kappa shape index (κ3) is 3.57. The third-order valence-electron chi connectivity index (χ3n) is 5.77. The van der Waals surface area contributed by atoms with E-state index in [2.05, 4.69) is 60.6 Å². The molecule has 1 N–H and O–H groups in total. The molecule has 1 aliphatic rings. The monoisotopic (exact) mass is 380 g/mol. The average Bonchev–Trinajstić information content (AvgIpc) is 3.10. The Morgan fingerprint density at radius 2 is 2.08 bits per heavy atom. The number of anilines is 1. The van der Waals surface area contributed by atoms with Crippen LogP contribution in [0.4, 0.5) is 5.82 Å². The number of hydrogen-bond acceptors (Lipinski definition) is 4. The number of H-pyrrole nitrogens is 1. The minimum atomic E-state index is -1.76. The Bertz CT molecular complexity index is 768. The van der Waals surface area contributed by atoms with Gasteiger partial charge in [0.15, 0.2) is 8.32 Å². The lowest BCUT2D eigenvalue weighted by Gasteiger charge is -2.38. The molecule has 3 rings (SSSR count). The third-order valence-corrected chi connectivity index (χ3v) is 10.4. The molecule has 7 heteroatoms. The number of nitrogens with one attached hydrogen (secondary N) is 1. The van der Waals surface area contributed by atoms with E-state index in [0.29, 0.717) is 11.3 Å². The van der Waals surface area contributed by atoms with Crippen LogP contribution in [0.2, 0.25) is 23.4 Å². The highest BCUT2D eigenvalue weighted by Crippen LogP contribution is 2.38. The molecule has 0 spiro atoms. The van der Waals surface area contributed by atoms with Crippen LogP contribution < -0.4 is 4.90 Å². The van der Waals surface area contributed by atoms with E-state index < -0.39 is 8.32 Å². The van der Waals surface area contributed by atoms with Crippen molar-refractivity contribution in [2.45, 2.75) is 64.7 Å². The van der Waals surface area contributed by atoms with Gasteiger partial charge in [0.05, 0.1) is 18.0 Å². The van der Waals surface area contributed by atoms with Gasteiger partial charge in [-0.2, -0.15) is 9.97 Å². The van der Waals surface area contributed by atoms with Gasteiger partial charge in [0, 0.05) is 12.7 Å². The number of hydrogen-bond donors (Lipinski definition) is 1. The summed E-state index contributed by atoms with van der Waals surface area (Å²) in [5.41, 5.74) is 1.96. The van der Waals surface area contributed by atoms with Crippen molar-refractivity contribution in [3.63, 3.8) is 0 Å². The molecule has 1 aliphatic heterocycles. The normalized spacial score (nSPS) is 19.2. The summed E-state index contributed by atoms with van der Waals surface area (Å²) in [4.78, 5) is 14.5. The zero-order chi connectivity index (χ0) is 18.4. The predicted octanol–water partition coefficient (Wildman–Crippen LogP) is 4.91. The second kappa shape index (κ2) is 6.56. The van der Waals surface area contributed by atoms with E-state index >= 15 is 0 Å². The maximum Gasteiger partial charge on any atom is 0.226 e. The van der Waals surface area contributed by atoms with E-state index in [1.807, 2.05) is 6.20 Å². The van der Waals surface area contributed by atoms with Gasteiger partial charge in [0.1, 0.15) is 11.5 Å². The minimum Gasteiger partial charge on any atom is -0.415 e. The van der Waals surface area contributed by atoms with Crippen LogP contribution in [-0.2, 0) is 4.43 Å². The van der Waals surface area contributed by atoms with Gasteiger partial charge in [0.25, 0.3) is 0 Å². The smallest absolute Gasteiger partial charge is 0.226 e. The van der Waals surface area contributed by atoms with Crippen molar-refractivity contribution in [3.8, 4) is 0 Å². The maximum atomic E-state index is 6.50. The predicted molar refractivity (Wildman–Crippen MR) is 107 cm³/mol. The van der Waals surface area contributed by atoms with Crippen LogP contribution in [-0.4, -0.2) is 42.5 Å². The molecule has 0 aromatic carbocycles. The summed E-state index contributed by atoms with van der Waals surface area (Å²) in [6, 6.07) is 0.345. The number of aromatic nitrogens is 3. The molecular formula is C18H29ClN4OSi. The van der Waals surface area contributed by atoms with Gasteiger partial charge in [0.2, 0.25) is 5.28 Å². The van der Waals surface area contributed by atoms with Crippen molar-refractivity contribution in [1.82, 2.24) is 15.0 Å². The van der Waals surface area contributed by atoms with E-state index in [1.54, 1.807) is 0 Å². The van der Waals surface area contributed by atoms with Crippen LogP contribution in [0.3, 0.4) is 0 Å². The highest BCUT2D eigenvalue weighted by atomic mass is 35.5. The maximum absolute atomic E-state index is 6.50. The van der Waals surface area contributed by atoms with Crippen molar-refractivity contribution < 1.29 is 4.43 Å². The molecule has 5 nitrogen and oxygen atoms in total. The van der Waals surface area contributed by atoms with Crippen molar-refractivity contribution in [2.24, 2.45) is 0 Å². The number of nitrogens with zero attached hydrogens (tertiary/aromatic N) is 3. The minimum absolute atomic E-state index is 0.221. The Balaban J connectivity index is 1.87. The quantitative estimate of drug-likeness (QED) is 0.604. The van der Waals surface area contributed by atoms with E-state index in [0.717, 1.165) is 48.4 Å². The summed E-state index contributed by atoms with van der Waals surface area (Å²) in [6.45, 7) is 15.3. The number of rotatable bonds is 4.